The summed E-state index contributed by atoms with van der Waals surface area (Å²) in [5.74, 6) is 1.42. The lowest BCUT2D eigenvalue weighted by molar-refractivity contribution is 0.556. The summed E-state index contributed by atoms with van der Waals surface area (Å²) in [6.45, 7) is 9.46. The largest absolute Gasteiger partial charge is 0.340 e. The second kappa shape index (κ2) is 5.98. The lowest BCUT2D eigenvalue weighted by atomic mass is 10.1. The number of aromatic nitrogens is 2. The molecule has 7 heteroatoms. The number of aryl methyl sites for hydroxylation is 2. The maximum absolute atomic E-state index is 12.9. The number of hydrogen-bond acceptors (Lipinski definition) is 5. The highest BCUT2D eigenvalue weighted by atomic mass is 32.2. The molecule has 25 heavy (non-hydrogen) atoms. The van der Waals surface area contributed by atoms with Gasteiger partial charge in [-0.3, -0.25) is 4.31 Å². The Labute approximate surface area is 149 Å². The molecule has 0 spiro atoms. The van der Waals surface area contributed by atoms with Gasteiger partial charge in [0.25, 0.3) is 0 Å². The Bertz CT molecular complexity index is 917. The Morgan fingerprint density at radius 3 is 2.60 bits per heavy atom. The van der Waals surface area contributed by atoms with Gasteiger partial charge in [0.1, 0.15) is 11.6 Å². The average molecular weight is 360 g/mol. The Balaban J connectivity index is 1.97. The highest BCUT2D eigenvalue weighted by Gasteiger charge is 2.38. The number of nitrogens with zero attached hydrogens (tertiary/aromatic N) is 3. The third-order valence-electron chi connectivity index (χ3n) is 4.36. The molecule has 0 aliphatic carbocycles. The third kappa shape index (κ3) is 3.20. The molecule has 0 atom stereocenters. The molecular weight excluding hydrogens is 336 g/mol. The van der Waals surface area contributed by atoms with Crippen LogP contribution >= 0.6 is 0 Å². The van der Waals surface area contributed by atoms with E-state index in [-0.39, 0.29) is 0 Å². The molecule has 0 saturated heterocycles. The van der Waals surface area contributed by atoms with E-state index in [0.29, 0.717) is 12.4 Å². The van der Waals surface area contributed by atoms with Gasteiger partial charge < -0.3 is 5.32 Å². The van der Waals surface area contributed by atoms with Crippen LogP contribution in [0.5, 0.6) is 0 Å². The zero-order chi connectivity index (χ0) is 18.4. The molecule has 134 valence electrons. The summed E-state index contributed by atoms with van der Waals surface area (Å²) < 4.78 is 26.4. The van der Waals surface area contributed by atoms with Crippen LogP contribution in [-0.2, 0) is 16.4 Å². The molecule has 0 radical (unpaired) electrons. The van der Waals surface area contributed by atoms with E-state index < -0.39 is 14.8 Å². The van der Waals surface area contributed by atoms with E-state index in [9.17, 15) is 8.42 Å². The van der Waals surface area contributed by atoms with E-state index in [1.807, 2.05) is 32.0 Å². The van der Waals surface area contributed by atoms with Crippen molar-refractivity contribution in [2.24, 2.45) is 0 Å². The smallest absolute Gasteiger partial charge is 0.240 e. The van der Waals surface area contributed by atoms with Crippen molar-refractivity contribution in [3.05, 3.63) is 41.3 Å². The zero-order valence-corrected chi connectivity index (χ0v) is 16.1. The number of hydrogen-bond donors (Lipinski definition) is 1. The molecule has 0 saturated carbocycles. The van der Waals surface area contributed by atoms with Gasteiger partial charge in [0.15, 0.2) is 0 Å². The fraction of sp³-hybridized carbons (Fsp3) is 0.444. The molecule has 1 aliphatic heterocycles. The summed E-state index contributed by atoms with van der Waals surface area (Å²) in [5, 5.41) is 3.28. The first-order valence-electron chi connectivity index (χ1n) is 8.32. The summed E-state index contributed by atoms with van der Waals surface area (Å²) >= 11 is 0. The molecule has 1 aromatic heterocycles. The fourth-order valence-electron chi connectivity index (χ4n) is 2.80. The number of fused-ring (bicyclic) bond motifs is 1. The van der Waals surface area contributed by atoms with E-state index in [4.69, 9.17) is 0 Å². The van der Waals surface area contributed by atoms with Crippen molar-refractivity contribution in [1.82, 2.24) is 9.97 Å². The summed E-state index contributed by atoms with van der Waals surface area (Å²) in [6, 6.07) is 5.84. The normalized spacial score (nSPS) is 14.5. The van der Waals surface area contributed by atoms with Crippen molar-refractivity contribution in [1.29, 1.82) is 0 Å². The first kappa shape index (κ1) is 17.7. The van der Waals surface area contributed by atoms with Crippen LogP contribution in [0.3, 0.4) is 0 Å². The van der Waals surface area contributed by atoms with Crippen LogP contribution < -0.4 is 9.62 Å². The van der Waals surface area contributed by atoms with Crippen molar-refractivity contribution in [2.75, 3.05) is 16.2 Å². The summed E-state index contributed by atoms with van der Waals surface area (Å²) in [7, 11) is -3.41. The molecule has 0 bridgehead atoms. The molecule has 2 heterocycles. The highest BCUT2D eigenvalue weighted by Crippen LogP contribution is 2.36. The average Bonchev–Trinajstić information content (AvgIpc) is 2.93. The first-order valence-corrected chi connectivity index (χ1v) is 9.76. The lowest BCUT2D eigenvalue weighted by Crippen LogP contribution is -2.42. The quantitative estimate of drug-likeness (QED) is 0.909. The molecule has 1 aliphatic rings. The number of sulfonamides is 1. The van der Waals surface area contributed by atoms with Crippen molar-refractivity contribution in [2.45, 2.75) is 45.8 Å². The van der Waals surface area contributed by atoms with Crippen LogP contribution in [0.25, 0.3) is 0 Å². The van der Waals surface area contributed by atoms with Crippen molar-refractivity contribution in [3.63, 3.8) is 0 Å². The number of benzene rings is 1. The molecule has 0 unspecified atom stereocenters. The number of anilines is 3. The van der Waals surface area contributed by atoms with Gasteiger partial charge in [-0.2, -0.15) is 0 Å². The van der Waals surface area contributed by atoms with Crippen LogP contribution in [0.1, 0.15) is 37.7 Å². The van der Waals surface area contributed by atoms with E-state index >= 15 is 0 Å². The van der Waals surface area contributed by atoms with Gasteiger partial charge in [0, 0.05) is 24.0 Å². The molecular formula is C18H24N4O2S. The minimum absolute atomic E-state index is 0.490. The Morgan fingerprint density at radius 1 is 1.20 bits per heavy atom. The van der Waals surface area contributed by atoms with Crippen molar-refractivity contribution < 1.29 is 8.42 Å². The van der Waals surface area contributed by atoms with Gasteiger partial charge in [-0.1, -0.05) is 6.07 Å². The summed E-state index contributed by atoms with van der Waals surface area (Å²) in [4.78, 5) is 8.59. The molecule has 1 aromatic carbocycles. The molecule has 0 fully saturated rings. The fourth-order valence-corrected chi connectivity index (χ4v) is 4.22. The van der Waals surface area contributed by atoms with E-state index in [1.54, 1.807) is 27.0 Å². The maximum atomic E-state index is 12.9. The number of nitrogens with one attached hydrogen (secondary N) is 1. The van der Waals surface area contributed by atoms with Crippen LogP contribution in [0.2, 0.25) is 0 Å². The lowest BCUT2D eigenvalue weighted by Gasteiger charge is -2.28. The second-order valence-electron chi connectivity index (χ2n) is 7.36. The molecule has 3 rings (SSSR count). The third-order valence-corrected chi connectivity index (χ3v) is 6.86. The highest BCUT2D eigenvalue weighted by molar-refractivity contribution is 7.94. The van der Waals surface area contributed by atoms with Crippen molar-refractivity contribution in [3.8, 4) is 0 Å². The monoisotopic (exact) mass is 360 g/mol. The van der Waals surface area contributed by atoms with Gasteiger partial charge in [0.05, 0.1) is 10.4 Å². The van der Waals surface area contributed by atoms with Gasteiger partial charge in [-0.15, -0.1) is 0 Å². The molecule has 1 N–H and O–H groups in total. The molecule has 2 aromatic rings. The predicted octanol–water partition coefficient (Wildman–Crippen LogP) is 3.33. The molecule has 0 amide bonds. The Kier molecular flexibility index (Phi) is 4.23. The van der Waals surface area contributed by atoms with Gasteiger partial charge in [0.2, 0.25) is 10.0 Å². The van der Waals surface area contributed by atoms with E-state index in [1.165, 1.54) is 4.31 Å². The summed E-state index contributed by atoms with van der Waals surface area (Å²) in [6.07, 6.45) is 2.50. The minimum Gasteiger partial charge on any atom is -0.340 e. The van der Waals surface area contributed by atoms with Crippen LogP contribution in [0.15, 0.2) is 24.4 Å². The van der Waals surface area contributed by atoms with Crippen LogP contribution in [0.4, 0.5) is 17.2 Å². The number of rotatable bonds is 3. The van der Waals surface area contributed by atoms with Crippen LogP contribution in [0, 0.1) is 13.8 Å². The Morgan fingerprint density at radius 2 is 1.92 bits per heavy atom. The van der Waals surface area contributed by atoms with Gasteiger partial charge in [-0.25, -0.2) is 18.4 Å². The second-order valence-corrected chi connectivity index (χ2v) is 9.97. The minimum atomic E-state index is -3.41. The SMILES string of the molecule is Cc1ncc(C)c(Nc2ccc3c(c2)N(S(=O)(=O)C(C)(C)C)CC3)n1. The van der Waals surface area contributed by atoms with E-state index in [2.05, 4.69) is 15.3 Å². The molecule has 6 nitrogen and oxygen atoms in total. The Hall–Kier alpha value is -2.15. The topological polar surface area (TPSA) is 75.2 Å². The standard InChI is InChI=1S/C18H24N4O2S/c1-12-11-19-13(2)20-17(12)21-15-7-6-14-8-9-22(16(14)10-15)25(23,24)18(3,4)5/h6-7,10-11H,8-9H2,1-5H3,(H,19,20,21). The zero-order valence-electron chi connectivity index (χ0n) is 15.3. The summed E-state index contributed by atoms with van der Waals surface area (Å²) in [5.41, 5.74) is 3.55. The predicted molar refractivity (Wildman–Crippen MR) is 101 cm³/mol. The van der Waals surface area contributed by atoms with Gasteiger partial charge >= 0.3 is 0 Å². The van der Waals surface area contributed by atoms with Gasteiger partial charge in [-0.05, 0) is 58.7 Å². The first-order chi connectivity index (χ1) is 11.6. The van der Waals surface area contributed by atoms with Crippen molar-refractivity contribution >= 4 is 27.2 Å². The van der Waals surface area contributed by atoms with Crippen LogP contribution in [-0.4, -0.2) is 29.7 Å². The van der Waals surface area contributed by atoms with E-state index in [0.717, 1.165) is 34.7 Å². The maximum Gasteiger partial charge on any atom is 0.240 e.